The van der Waals surface area contributed by atoms with Gasteiger partial charge in [-0.05, 0) is 66.7 Å². The predicted octanol–water partition coefficient (Wildman–Crippen LogP) is 14.8. The van der Waals surface area contributed by atoms with Crippen LogP contribution in [0.25, 0.3) is 81.1 Å². The summed E-state index contributed by atoms with van der Waals surface area (Å²) in [5.41, 5.74) is 9.05. The largest absolute Gasteiger partial charge is 0 e. The number of aromatic nitrogens is 3. The monoisotopic (exact) mass is 1040 g/mol. The summed E-state index contributed by atoms with van der Waals surface area (Å²) in [6, 6.07) is 53.3. The Morgan fingerprint density at radius 1 is 0.667 bits per heavy atom. The Balaban J connectivity index is 0.000000219. The van der Waals surface area contributed by atoms with Crippen molar-refractivity contribution in [1.29, 1.82) is 0 Å². The number of benzene rings is 7. The van der Waals surface area contributed by atoms with Crippen LogP contribution in [0.2, 0.25) is 17.3 Å². The molecule has 60 heavy (non-hydrogen) atoms. The minimum atomic E-state index is -2.08. The second-order valence-corrected chi connectivity index (χ2v) is 28.8. The van der Waals surface area contributed by atoms with E-state index in [2.05, 4.69) is 176 Å². The Kier molecular flexibility index (Phi) is 10.7. The maximum absolute atomic E-state index is 7.35. The van der Waals surface area contributed by atoms with Crippen LogP contribution in [0.1, 0.15) is 60.3 Å². The number of para-hydroxylation sites is 3. The molecule has 0 saturated heterocycles. The number of hydrogen-bond acceptors (Lipinski definition) is 3. The van der Waals surface area contributed by atoms with Crippen LogP contribution in [0.3, 0.4) is 0 Å². The summed E-state index contributed by atoms with van der Waals surface area (Å²) in [5, 5.41) is 7.76. The van der Waals surface area contributed by atoms with Crippen LogP contribution < -0.4 is 4.40 Å². The number of thiophene rings is 1. The van der Waals surface area contributed by atoms with E-state index in [0.717, 1.165) is 33.7 Å². The molecule has 1 radical (unpaired) electrons. The zero-order valence-corrected chi connectivity index (χ0v) is 40.3. The fraction of sp³-hybridized carbons (Fsp3) is 0.185. The van der Waals surface area contributed by atoms with Gasteiger partial charge in [0.1, 0.15) is 0 Å². The van der Waals surface area contributed by atoms with Crippen molar-refractivity contribution in [1.82, 2.24) is 14.5 Å². The second kappa shape index (κ2) is 16.9. The van der Waals surface area contributed by atoms with Crippen molar-refractivity contribution < 1.29 is 24.2 Å². The maximum atomic E-state index is 7.35. The van der Waals surface area contributed by atoms with Crippen molar-refractivity contribution in [2.24, 2.45) is 0 Å². The van der Waals surface area contributed by atoms with E-state index in [1.54, 1.807) is 12.1 Å². The van der Waals surface area contributed by atoms with E-state index in [0.29, 0.717) is 17.4 Å². The average molecular weight is 1040 g/mol. The fourth-order valence-corrected chi connectivity index (χ4v) is 11.5. The van der Waals surface area contributed by atoms with Gasteiger partial charge in [-0.25, -0.2) is 0 Å². The van der Waals surface area contributed by atoms with Gasteiger partial charge in [-0.15, -0.1) is 23.8 Å². The Bertz CT molecular complexity index is 3190. The van der Waals surface area contributed by atoms with E-state index >= 15 is 0 Å². The van der Waals surface area contributed by atoms with Crippen LogP contribution in [0, 0.1) is 19.0 Å². The van der Waals surface area contributed by atoms with E-state index < -0.39 is 20.1 Å². The Morgan fingerprint density at radius 3 is 2.07 bits per heavy atom. The molecule has 7 aromatic carbocycles. The molecule has 0 aliphatic carbocycles. The number of nitrogens with zero attached hydrogens (tertiary/aromatic N) is 3. The molecule has 3 heterocycles. The van der Waals surface area contributed by atoms with E-state index in [1.807, 2.05) is 23.6 Å². The summed E-state index contributed by atoms with van der Waals surface area (Å²) < 4.78 is 28.4. The number of hydrogen-bond donors (Lipinski definition) is 0. The van der Waals surface area contributed by atoms with E-state index in [9.17, 15) is 0 Å². The summed E-state index contributed by atoms with van der Waals surface area (Å²) in [7, 11) is 0. The molecule has 0 saturated carbocycles. The molecule has 0 aliphatic rings. The standard InChI is InChI=1S/C39H31N2S.C15H18GeN.Ir/c1-23(2)27-12-9-13-28(24(3)4)37(27)41-35-15-8-7-14-34(35)40-39(41)26-17-21-36-33(22-26)32-20-19-30-29-11-6-5-10-25(29)16-18-31(30)38(32)42-36;1-12-5-7-13(8-6-12)15-10-9-14(11-17-15)16(2,3)4;/h5-16,18-24H,1-4H3;5-7,9-11H,1-4H3;/q2*-1;/i;1D3;. The summed E-state index contributed by atoms with van der Waals surface area (Å²) in [4.78, 5) is 9.73. The van der Waals surface area contributed by atoms with Crippen molar-refractivity contribution in [3.63, 3.8) is 0 Å². The van der Waals surface area contributed by atoms with Crippen molar-refractivity contribution >= 4 is 81.7 Å². The third-order valence-electron chi connectivity index (χ3n) is 11.4. The predicted molar refractivity (Wildman–Crippen MR) is 258 cm³/mol. The summed E-state index contributed by atoms with van der Waals surface area (Å²) in [6.07, 6.45) is 1.95. The van der Waals surface area contributed by atoms with Gasteiger partial charge in [0, 0.05) is 30.5 Å². The van der Waals surface area contributed by atoms with E-state index in [1.165, 1.54) is 69.0 Å². The van der Waals surface area contributed by atoms with E-state index in [-0.39, 0.29) is 20.1 Å². The summed E-state index contributed by atoms with van der Waals surface area (Å²) >= 11 is 0.0326. The van der Waals surface area contributed by atoms with Crippen LogP contribution in [0.4, 0.5) is 0 Å². The number of aryl methyl sites for hydroxylation is 1. The van der Waals surface area contributed by atoms with Gasteiger partial charge in [-0.1, -0.05) is 112 Å². The average Bonchev–Trinajstić information content (AvgIpc) is 3.84. The number of pyridine rings is 1. The second-order valence-electron chi connectivity index (χ2n) is 17.1. The van der Waals surface area contributed by atoms with Crippen LogP contribution in [0.5, 0.6) is 0 Å². The minimum Gasteiger partial charge on any atom is 0 e. The van der Waals surface area contributed by atoms with Crippen molar-refractivity contribution in [3.8, 4) is 28.3 Å². The van der Waals surface area contributed by atoms with Gasteiger partial charge in [-0.3, -0.25) is 4.98 Å². The van der Waals surface area contributed by atoms with Gasteiger partial charge in [0.05, 0.1) is 16.9 Å². The number of fused-ring (bicyclic) bond motifs is 8. The molecule has 10 rings (SSSR count). The summed E-state index contributed by atoms with van der Waals surface area (Å²) in [5.74, 6) is 8.68. The van der Waals surface area contributed by atoms with Crippen LogP contribution >= 0.6 is 11.3 Å². The Labute approximate surface area is 378 Å². The normalized spacial score (nSPS) is 12.8. The Morgan fingerprint density at radius 2 is 1.37 bits per heavy atom. The topological polar surface area (TPSA) is 30.7 Å². The molecule has 3 nitrogen and oxygen atoms in total. The molecule has 10 aromatic rings. The Hall–Kier alpha value is -4.91. The zero-order valence-electron chi connectivity index (χ0n) is 38.0. The van der Waals surface area contributed by atoms with Crippen molar-refractivity contribution in [3.05, 3.63) is 168 Å². The number of rotatable bonds is 6. The third kappa shape index (κ3) is 7.78. The molecule has 3 aromatic heterocycles. The minimum absolute atomic E-state index is 0. The van der Waals surface area contributed by atoms with Crippen molar-refractivity contribution in [2.45, 2.75) is 63.7 Å². The molecule has 301 valence electrons. The summed E-state index contributed by atoms with van der Waals surface area (Å²) in [6.45, 7) is 7.05. The van der Waals surface area contributed by atoms with E-state index in [4.69, 9.17) is 9.10 Å². The molecule has 0 atom stereocenters. The van der Waals surface area contributed by atoms with Crippen LogP contribution in [-0.4, -0.2) is 27.8 Å². The van der Waals surface area contributed by atoms with Gasteiger partial charge in [0.15, 0.2) is 0 Å². The van der Waals surface area contributed by atoms with Gasteiger partial charge in [0.2, 0.25) is 0 Å². The first-order valence-corrected chi connectivity index (χ1v) is 28.6. The molecule has 0 bridgehead atoms. The van der Waals surface area contributed by atoms with Gasteiger partial charge < -0.3 is 4.57 Å². The van der Waals surface area contributed by atoms with Crippen LogP contribution in [-0.2, 0) is 20.1 Å². The van der Waals surface area contributed by atoms with Gasteiger partial charge >= 0.3 is 110 Å². The fourth-order valence-electron chi connectivity index (χ4n) is 8.18. The molecule has 0 unspecified atom stereocenters. The number of imidazole rings is 1. The molecule has 0 aliphatic heterocycles. The first-order chi connectivity index (χ1) is 29.7. The van der Waals surface area contributed by atoms with Gasteiger partial charge in [-0.2, -0.15) is 11.3 Å². The first-order valence-electron chi connectivity index (χ1n) is 22.0. The molecule has 0 N–H and O–H groups in total. The van der Waals surface area contributed by atoms with Crippen molar-refractivity contribution in [2.75, 3.05) is 0 Å². The molecule has 0 spiro atoms. The molecular weight excluding hydrogens is 988 g/mol. The molecule has 0 fully saturated rings. The molecular formula is C54H49GeIrN3S-2. The quantitative estimate of drug-likeness (QED) is 0.0944. The smallest absolute Gasteiger partial charge is 0 e. The van der Waals surface area contributed by atoms with Crippen LogP contribution in [0.15, 0.2) is 140 Å². The third-order valence-corrected chi connectivity index (χ3v) is 16.8. The first kappa shape index (κ1) is 38.0. The molecule has 0 amide bonds. The zero-order chi connectivity index (χ0) is 43.5. The maximum Gasteiger partial charge on any atom is 0 e. The van der Waals surface area contributed by atoms with Gasteiger partial charge in [0.25, 0.3) is 0 Å². The molecule has 6 heteroatoms. The SMILES string of the molecule is CC(C)c1cccc(C(C)C)c1-n1c(-c2[c-]cc3sc4c(ccc5c6ccccc6ccc54)c3c2)nc2ccccc21.[2H]C([2H])([2H])c1c[c-]c(-c2cc[c]([Ge]([CH3])([CH3])[CH3])cn2)cc1.[Ir].